The first kappa shape index (κ1) is 6.85. The van der Waals surface area contributed by atoms with Gasteiger partial charge in [0.05, 0.1) is 11.4 Å². The van der Waals surface area contributed by atoms with Crippen LogP contribution in [-0.4, -0.2) is 9.61 Å². The zero-order valence-corrected chi connectivity index (χ0v) is 7.70. The van der Waals surface area contributed by atoms with E-state index in [-0.39, 0.29) is 0 Å². The number of aromatic nitrogens is 2. The lowest BCUT2D eigenvalue weighted by Crippen LogP contribution is -1.87. The Morgan fingerprint density at radius 3 is 2.73 bits per heavy atom. The van der Waals surface area contributed by atoms with Crippen LogP contribution in [0.4, 0.5) is 0 Å². The molecule has 2 aromatic rings. The lowest BCUT2D eigenvalue weighted by molar-refractivity contribution is 0.902. The molecule has 0 fully saturated rings. The van der Waals surface area contributed by atoms with E-state index in [1.807, 2.05) is 11.4 Å². The molecule has 0 aliphatic rings. The third-order valence-corrected chi connectivity index (χ3v) is 2.99. The number of rotatable bonds is 0. The van der Waals surface area contributed by atoms with Gasteiger partial charge in [-0.3, -0.25) is 0 Å². The van der Waals surface area contributed by atoms with E-state index in [2.05, 4.69) is 25.0 Å². The minimum Gasteiger partial charge on any atom is -0.227 e. The normalized spacial score (nSPS) is 11.2. The van der Waals surface area contributed by atoms with Crippen molar-refractivity contribution in [2.24, 2.45) is 0 Å². The maximum absolute atomic E-state index is 4.36. The average Bonchev–Trinajstić information content (AvgIpc) is 2.37. The van der Waals surface area contributed by atoms with Crippen molar-refractivity contribution < 1.29 is 0 Å². The SMILES string of the molecule is Cc1cc2sc(C)c(C)n2n1. The molecule has 2 rings (SSSR count). The summed E-state index contributed by atoms with van der Waals surface area (Å²) in [6.07, 6.45) is 0. The molecule has 0 bridgehead atoms. The number of hydrogen-bond donors (Lipinski definition) is 0. The van der Waals surface area contributed by atoms with Gasteiger partial charge in [-0.15, -0.1) is 11.3 Å². The van der Waals surface area contributed by atoms with Gasteiger partial charge in [0.2, 0.25) is 0 Å². The van der Waals surface area contributed by atoms with Crippen LogP contribution < -0.4 is 0 Å². The van der Waals surface area contributed by atoms with Crippen molar-refractivity contribution >= 4 is 16.2 Å². The minimum atomic E-state index is 1.10. The molecule has 0 amide bonds. The molecule has 0 aliphatic carbocycles. The van der Waals surface area contributed by atoms with Gasteiger partial charge in [-0.05, 0) is 26.8 Å². The first-order chi connectivity index (χ1) is 5.18. The van der Waals surface area contributed by atoms with E-state index < -0.39 is 0 Å². The Hall–Kier alpha value is -0.830. The van der Waals surface area contributed by atoms with Gasteiger partial charge in [0.1, 0.15) is 4.83 Å². The molecular weight excluding hydrogens is 156 g/mol. The molecule has 0 aliphatic heterocycles. The summed E-state index contributed by atoms with van der Waals surface area (Å²) < 4.78 is 2.01. The molecule has 2 aromatic heterocycles. The van der Waals surface area contributed by atoms with Gasteiger partial charge < -0.3 is 0 Å². The van der Waals surface area contributed by atoms with Crippen LogP contribution in [-0.2, 0) is 0 Å². The molecule has 11 heavy (non-hydrogen) atoms. The van der Waals surface area contributed by atoms with E-state index in [1.54, 1.807) is 11.3 Å². The highest BCUT2D eigenvalue weighted by molar-refractivity contribution is 7.17. The van der Waals surface area contributed by atoms with Crippen LogP contribution in [0.2, 0.25) is 0 Å². The Kier molecular flexibility index (Phi) is 1.29. The molecule has 0 saturated heterocycles. The second-order valence-electron chi connectivity index (χ2n) is 2.78. The summed E-state index contributed by atoms with van der Waals surface area (Å²) in [6.45, 7) is 6.25. The first-order valence-electron chi connectivity index (χ1n) is 3.61. The largest absolute Gasteiger partial charge is 0.227 e. The fourth-order valence-corrected chi connectivity index (χ4v) is 2.21. The highest BCUT2D eigenvalue weighted by atomic mass is 32.1. The van der Waals surface area contributed by atoms with Crippen molar-refractivity contribution in [2.75, 3.05) is 0 Å². The topological polar surface area (TPSA) is 17.3 Å². The number of hydrogen-bond acceptors (Lipinski definition) is 2. The molecule has 3 heteroatoms. The van der Waals surface area contributed by atoms with Crippen molar-refractivity contribution in [2.45, 2.75) is 20.8 Å². The smallest absolute Gasteiger partial charge is 0.120 e. The second kappa shape index (κ2) is 2.08. The van der Waals surface area contributed by atoms with Crippen LogP contribution in [0.5, 0.6) is 0 Å². The van der Waals surface area contributed by atoms with Crippen LogP contribution in [0.25, 0.3) is 4.83 Å². The van der Waals surface area contributed by atoms with E-state index in [1.165, 1.54) is 15.4 Å². The van der Waals surface area contributed by atoms with Crippen molar-refractivity contribution in [3.8, 4) is 0 Å². The molecule has 2 heterocycles. The highest BCUT2D eigenvalue weighted by Crippen LogP contribution is 2.21. The molecule has 0 N–H and O–H groups in total. The summed E-state index contributed by atoms with van der Waals surface area (Å²) in [5, 5.41) is 4.36. The van der Waals surface area contributed by atoms with Crippen LogP contribution in [0, 0.1) is 20.8 Å². The Labute approximate surface area is 69.5 Å². The highest BCUT2D eigenvalue weighted by Gasteiger charge is 2.05. The summed E-state index contributed by atoms with van der Waals surface area (Å²) >= 11 is 1.80. The van der Waals surface area contributed by atoms with Crippen LogP contribution >= 0.6 is 11.3 Å². The standard InChI is InChI=1S/C8H10N2S/c1-5-4-8-10(9-5)6(2)7(3)11-8/h4H,1-3H3. The van der Waals surface area contributed by atoms with Crippen LogP contribution in [0.3, 0.4) is 0 Å². The lowest BCUT2D eigenvalue weighted by Gasteiger charge is -1.87. The van der Waals surface area contributed by atoms with Crippen molar-refractivity contribution in [3.63, 3.8) is 0 Å². The molecule has 0 aromatic carbocycles. The number of thiazole rings is 1. The van der Waals surface area contributed by atoms with Crippen LogP contribution in [0.1, 0.15) is 16.3 Å². The van der Waals surface area contributed by atoms with Gasteiger partial charge in [-0.2, -0.15) is 5.10 Å². The third kappa shape index (κ3) is 0.878. The van der Waals surface area contributed by atoms with Gasteiger partial charge in [-0.1, -0.05) is 0 Å². The van der Waals surface area contributed by atoms with Gasteiger partial charge in [0.15, 0.2) is 0 Å². The van der Waals surface area contributed by atoms with Crippen LogP contribution in [0.15, 0.2) is 6.07 Å². The van der Waals surface area contributed by atoms with E-state index >= 15 is 0 Å². The molecule has 2 nitrogen and oxygen atoms in total. The van der Waals surface area contributed by atoms with Gasteiger partial charge in [0, 0.05) is 4.88 Å². The summed E-state index contributed by atoms with van der Waals surface area (Å²) in [4.78, 5) is 2.60. The fraction of sp³-hybridized carbons (Fsp3) is 0.375. The summed E-state index contributed by atoms with van der Waals surface area (Å²) in [7, 11) is 0. The number of fused-ring (bicyclic) bond motifs is 1. The van der Waals surface area contributed by atoms with E-state index in [4.69, 9.17) is 0 Å². The molecular formula is C8H10N2S. The predicted octanol–water partition coefficient (Wildman–Crippen LogP) is 2.32. The molecule has 0 atom stereocenters. The Balaban J connectivity index is 2.88. The summed E-state index contributed by atoms with van der Waals surface area (Å²) in [5.74, 6) is 0. The van der Waals surface area contributed by atoms with Crippen molar-refractivity contribution in [1.29, 1.82) is 0 Å². The predicted molar refractivity (Wildman–Crippen MR) is 47.3 cm³/mol. The Morgan fingerprint density at radius 1 is 1.36 bits per heavy atom. The molecule has 0 saturated carbocycles. The van der Waals surface area contributed by atoms with E-state index in [0.717, 1.165) is 5.69 Å². The second-order valence-corrected chi connectivity index (χ2v) is 4.01. The minimum absolute atomic E-state index is 1.10. The summed E-state index contributed by atoms with van der Waals surface area (Å²) in [6, 6.07) is 2.12. The van der Waals surface area contributed by atoms with Crippen molar-refractivity contribution in [3.05, 3.63) is 22.3 Å². The Bertz CT molecular complexity index is 397. The maximum Gasteiger partial charge on any atom is 0.120 e. The molecule has 0 radical (unpaired) electrons. The number of nitrogens with zero attached hydrogens (tertiary/aromatic N) is 2. The monoisotopic (exact) mass is 166 g/mol. The Morgan fingerprint density at radius 2 is 2.09 bits per heavy atom. The lowest BCUT2D eigenvalue weighted by atomic mass is 10.4. The molecule has 0 unspecified atom stereocenters. The number of aryl methyl sites for hydroxylation is 3. The zero-order chi connectivity index (χ0) is 8.01. The van der Waals surface area contributed by atoms with Gasteiger partial charge in [-0.25, -0.2) is 4.52 Å². The summed E-state index contributed by atoms with van der Waals surface area (Å²) in [5.41, 5.74) is 2.36. The average molecular weight is 166 g/mol. The molecule has 0 spiro atoms. The fourth-order valence-electron chi connectivity index (χ4n) is 1.17. The molecule has 58 valence electrons. The van der Waals surface area contributed by atoms with Gasteiger partial charge >= 0.3 is 0 Å². The third-order valence-electron chi connectivity index (χ3n) is 1.88. The van der Waals surface area contributed by atoms with E-state index in [9.17, 15) is 0 Å². The van der Waals surface area contributed by atoms with Gasteiger partial charge in [0.25, 0.3) is 0 Å². The first-order valence-corrected chi connectivity index (χ1v) is 4.42. The zero-order valence-electron chi connectivity index (χ0n) is 6.88. The maximum atomic E-state index is 4.36. The van der Waals surface area contributed by atoms with E-state index in [0.29, 0.717) is 0 Å². The quantitative estimate of drug-likeness (QED) is 0.587. The van der Waals surface area contributed by atoms with Crippen molar-refractivity contribution in [1.82, 2.24) is 9.61 Å².